The lowest BCUT2D eigenvalue weighted by Crippen LogP contribution is -2.13. The van der Waals surface area contributed by atoms with Crippen LogP contribution in [-0.4, -0.2) is 13.2 Å². The van der Waals surface area contributed by atoms with Crippen LogP contribution in [0.15, 0.2) is 30.3 Å². The van der Waals surface area contributed by atoms with E-state index in [1.165, 1.54) is 33.5 Å². The molecule has 0 radical (unpaired) electrons. The predicted molar refractivity (Wildman–Crippen MR) is 90.6 cm³/mol. The molecule has 2 heteroatoms. The number of benzene rings is 2. The summed E-state index contributed by atoms with van der Waals surface area (Å²) >= 11 is 0. The number of anilines is 1. The Hall–Kier alpha value is -1.96. The highest BCUT2D eigenvalue weighted by atomic mass is 16.5. The van der Waals surface area contributed by atoms with Crippen LogP contribution in [0.25, 0.3) is 0 Å². The van der Waals surface area contributed by atoms with Gasteiger partial charge in [0.2, 0.25) is 0 Å². The maximum absolute atomic E-state index is 5.83. The molecule has 0 bridgehead atoms. The minimum Gasteiger partial charge on any atom is -0.492 e. The normalized spacial score (nSPS) is 10.5. The molecule has 2 aromatic rings. The Morgan fingerprint density at radius 1 is 0.762 bits per heavy atom. The summed E-state index contributed by atoms with van der Waals surface area (Å²) in [5.41, 5.74) is 7.59. The van der Waals surface area contributed by atoms with Crippen molar-refractivity contribution in [2.75, 3.05) is 18.5 Å². The van der Waals surface area contributed by atoms with E-state index in [-0.39, 0.29) is 0 Å². The second-order valence-electron chi connectivity index (χ2n) is 5.87. The van der Waals surface area contributed by atoms with Crippen molar-refractivity contribution >= 4 is 5.69 Å². The zero-order valence-corrected chi connectivity index (χ0v) is 13.7. The molecule has 2 aromatic carbocycles. The molecule has 112 valence electrons. The Morgan fingerprint density at radius 2 is 1.29 bits per heavy atom. The van der Waals surface area contributed by atoms with Crippen molar-refractivity contribution in [3.63, 3.8) is 0 Å². The third-order valence-electron chi connectivity index (χ3n) is 3.54. The first-order valence-corrected chi connectivity index (χ1v) is 7.48. The predicted octanol–water partition coefficient (Wildman–Crippen LogP) is 4.72. The van der Waals surface area contributed by atoms with Crippen LogP contribution in [0.5, 0.6) is 5.75 Å². The SMILES string of the molecule is Cc1cc(C)cc(OCCNc2c(C)cc(C)cc2C)c1. The van der Waals surface area contributed by atoms with Crippen molar-refractivity contribution in [1.29, 1.82) is 0 Å². The van der Waals surface area contributed by atoms with Gasteiger partial charge in [-0.15, -0.1) is 0 Å². The van der Waals surface area contributed by atoms with Crippen LogP contribution in [0, 0.1) is 34.6 Å². The van der Waals surface area contributed by atoms with E-state index in [1.54, 1.807) is 0 Å². The number of hydrogen-bond acceptors (Lipinski definition) is 2. The average molecular weight is 283 g/mol. The molecule has 0 amide bonds. The molecule has 21 heavy (non-hydrogen) atoms. The Kier molecular flexibility index (Phi) is 4.89. The molecule has 0 saturated carbocycles. The third-order valence-corrected chi connectivity index (χ3v) is 3.54. The number of ether oxygens (including phenoxy) is 1. The molecule has 0 aromatic heterocycles. The molecule has 0 atom stereocenters. The van der Waals surface area contributed by atoms with Crippen LogP contribution in [0.1, 0.15) is 27.8 Å². The average Bonchev–Trinajstić information content (AvgIpc) is 2.35. The molecule has 0 aliphatic carbocycles. The second-order valence-corrected chi connectivity index (χ2v) is 5.87. The van der Waals surface area contributed by atoms with E-state index < -0.39 is 0 Å². The Bertz CT molecular complexity index is 588. The largest absolute Gasteiger partial charge is 0.492 e. The first kappa shape index (κ1) is 15.4. The number of nitrogens with one attached hydrogen (secondary N) is 1. The summed E-state index contributed by atoms with van der Waals surface area (Å²) in [6.07, 6.45) is 0. The van der Waals surface area contributed by atoms with Crippen molar-refractivity contribution in [2.45, 2.75) is 34.6 Å². The van der Waals surface area contributed by atoms with Gasteiger partial charge in [-0.05, 0) is 69.0 Å². The highest BCUT2D eigenvalue weighted by Gasteiger charge is 2.03. The van der Waals surface area contributed by atoms with Crippen molar-refractivity contribution in [3.05, 3.63) is 58.1 Å². The number of aryl methyl sites for hydroxylation is 5. The molecule has 2 rings (SSSR count). The Balaban J connectivity index is 1.90. The fourth-order valence-corrected chi connectivity index (χ4v) is 2.82. The van der Waals surface area contributed by atoms with Gasteiger partial charge in [-0.1, -0.05) is 23.8 Å². The van der Waals surface area contributed by atoms with Crippen LogP contribution < -0.4 is 10.1 Å². The molecule has 0 heterocycles. The number of hydrogen-bond donors (Lipinski definition) is 1. The number of rotatable bonds is 5. The molecule has 0 aliphatic rings. The van der Waals surface area contributed by atoms with E-state index in [4.69, 9.17) is 4.74 Å². The lowest BCUT2D eigenvalue weighted by atomic mass is 10.1. The van der Waals surface area contributed by atoms with Gasteiger partial charge in [0.25, 0.3) is 0 Å². The summed E-state index contributed by atoms with van der Waals surface area (Å²) in [6.45, 7) is 12.1. The van der Waals surface area contributed by atoms with Crippen molar-refractivity contribution in [2.24, 2.45) is 0 Å². The maximum Gasteiger partial charge on any atom is 0.119 e. The van der Waals surface area contributed by atoms with E-state index in [0.29, 0.717) is 6.61 Å². The van der Waals surface area contributed by atoms with E-state index in [2.05, 4.69) is 70.3 Å². The smallest absolute Gasteiger partial charge is 0.119 e. The second kappa shape index (κ2) is 6.66. The first-order valence-electron chi connectivity index (χ1n) is 7.48. The molecule has 1 N–H and O–H groups in total. The van der Waals surface area contributed by atoms with Crippen molar-refractivity contribution in [1.82, 2.24) is 0 Å². The molecular formula is C19H25NO. The monoisotopic (exact) mass is 283 g/mol. The molecular weight excluding hydrogens is 258 g/mol. The van der Waals surface area contributed by atoms with Crippen LogP contribution in [-0.2, 0) is 0 Å². The van der Waals surface area contributed by atoms with Gasteiger partial charge < -0.3 is 10.1 Å². The van der Waals surface area contributed by atoms with Crippen LogP contribution >= 0.6 is 0 Å². The fraction of sp³-hybridized carbons (Fsp3) is 0.368. The summed E-state index contributed by atoms with van der Waals surface area (Å²) in [7, 11) is 0. The van der Waals surface area contributed by atoms with Gasteiger partial charge in [-0.2, -0.15) is 0 Å². The topological polar surface area (TPSA) is 21.3 Å². The standard InChI is InChI=1S/C19H25NO/c1-13-8-14(2)12-18(11-13)21-7-6-20-19-16(4)9-15(3)10-17(19)5/h8-12,20H,6-7H2,1-5H3. The van der Waals surface area contributed by atoms with E-state index in [1.807, 2.05) is 0 Å². The van der Waals surface area contributed by atoms with Crippen LogP contribution in [0.2, 0.25) is 0 Å². The Labute approximate surface area is 128 Å². The first-order chi connectivity index (χ1) is 9.95. The van der Waals surface area contributed by atoms with Gasteiger partial charge >= 0.3 is 0 Å². The van der Waals surface area contributed by atoms with Crippen LogP contribution in [0.4, 0.5) is 5.69 Å². The van der Waals surface area contributed by atoms with Crippen LogP contribution in [0.3, 0.4) is 0 Å². The summed E-state index contributed by atoms with van der Waals surface area (Å²) < 4.78 is 5.83. The minimum atomic E-state index is 0.662. The quantitative estimate of drug-likeness (QED) is 0.802. The van der Waals surface area contributed by atoms with Gasteiger partial charge in [-0.3, -0.25) is 0 Å². The minimum absolute atomic E-state index is 0.662. The van der Waals surface area contributed by atoms with Gasteiger partial charge in [0.15, 0.2) is 0 Å². The van der Waals surface area contributed by atoms with Gasteiger partial charge in [-0.25, -0.2) is 0 Å². The van der Waals surface area contributed by atoms with E-state index in [0.717, 1.165) is 12.3 Å². The highest BCUT2D eigenvalue weighted by Crippen LogP contribution is 2.21. The molecule has 0 fully saturated rings. The molecule has 2 nitrogen and oxygen atoms in total. The Morgan fingerprint density at radius 3 is 1.86 bits per heavy atom. The maximum atomic E-state index is 5.83. The van der Waals surface area contributed by atoms with Gasteiger partial charge in [0.05, 0.1) is 0 Å². The lowest BCUT2D eigenvalue weighted by Gasteiger charge is -2.14. The zero-order chi connectivity index (χ0) is 15.4. The molecule has 0 saturated heterocycles. The van der Waals surface area contributed by atoms with Crippen molar-refractivity contribution < 1.29 is 4.74 Å². The van der Waals surface area contributed by atoms with Crippen molar-refractivity contribution in [3.8, 4) is 5.75 Å². The van der Waals surface area contributed by atoms with E-state index >= 15 is 0 Å². The highest BCUT2D eigenvalue weighted by molar-refractivity contribution is 5.58. The summed E-state index contributed by atoms with van der Waals surface area (Å²) in [5.74, 6) is 0.951. The van der Waals surface area contributed by atoms with E-state index in [9.17, 15) is 0 Å². The molecule has 0 unspecified atom stereocenters. The summed E-state index contributed by atoms with van der Waals surface area (Å²) in [4.78, 5) is 0. The summed E-state index contributed by atoms with van der Waals surface area (Å²) in [6, 6.07) is 10.7. The van der Waals surface area contributed by atoms with Gasteiger partial charge in [0.1, 0.15) is 12.4 Å². The summed E-state index contributed by atoms with van der Waals surface area (Å²) in [5, 5.41) is 3.48. The fourth-order valence-electron chi connectivity index (χ4n) is 2.82. The molecule has 0 aliphatic heterocycles. The lowest BCUT2D eigenvalue weighted by molar-refractivity contribution is 0.332. The molecule has 0 spiro atoms. The third kappa shape index (κ3) is 4.25. The van der Waals surface area contributed by atoms with Gasteiger partial charge in [0, 0.05) is 12.2 Å². The zero-order valence-electron chi connectivity index (χ0n) is 13.7.